The van der Waals surface area contributed by atoms with Crippen molar-refractivity contribution in [2.24, 2.45) is 0 Å². The summed E-state index contributed by atoms with van der Waals surface area (Å²) < 4.78 is 0. The van der Waals surface area contributed by atoms with Crippen LogP contribution in [0.5, 0.6) is 0 Å². The van der Waals surface area contributed by atoms with E-state index in [1.165, 1.54) is 30.4 Å². The van der Waals surface area contributed by atoms with E-state index < -0.39 is 0 Å². The van der Waals surface area contributed by atoms with Gasteiger partial charge in [0.15, 0.2) is 0 Å². The maximum Gasteiger partial charge on any atom is 0.315 e. The molecule has 1 aliphatic carbocycles. The summed E-state index contributed by atoms with van der Waals surface area (Å²) in [5.74, 6) is 0.0576. The normalized spacial score (nSPS) is 19.8. The number of hydrogen-bond acceptors (Lipinski definition) is 3. The van der Waals surface area contributed by atoms with Gasteiger partial charge in [0, 0.05) is 25.2 Å². The van der Waals surface area contributed by atoms with Crippen molar-refractivity contribution in [2.75, 3.05) is 19.6 Å². The Kier molecular flexibility index (Phi) is 8.14. The second-order valence-electron chi connectivity index (χ2n) is 9.14. The molecule has 1 aliphatic heterocycles. The van der Waals surface area contributed by atoms with Crippen LogP contribution in [0.3, 0.4) is 0 Å². The minimum atomic E-state index is -0.0275. The number of amides is 3. The summed E-state index contributed by atoms with van der Waals surface area (Å²) in [5, 5.41) is 9.37. The molecule has 1 aromatic carbocycles. The molecular weight excluding hydrogens is 376 g/mol. The van der Waals surface area contributed by atoms with Crippen LogP contribution in [-0.4, -0.2) is 48.6 Å². The van der Waals surface area contributed by atoms with Crippen LogP contribution in [0.2, 0.25) is 0 Å². The molecule has 2 fully saturated rings. The molecule has 1 saturated heterocycles. The lowest BCUT2D eigenvalue weighted by atomic mass is 9.96. The monoisotopic (exact) mass is 414 g/mol. The highest BCUT2D eigenvalue weighted by Crippen LogP contribution is 2.18. The largest absolute Gasteiger partial charge is 0.348 e. The Morgan fingerprint density at radius 3 is 2.23 bits per heavy atom. The molecule has 1 atom stereocenters. The second kappa shape index (κ2) is 10.8. The minimum Gasteiger partial charge on any atom is -0.348 e. The first kappa shape index (κ1) is 22.6. The van der Waals surface area contributed by atoms with Gasteiger partial charge in [-0.15, -0.1) is 0 Å². The fourth-order valence-electron chi connectivity index (χ4n) is 4.50. The SMILES string of the molecule is Cc1ccc(C(C)NC(=O)CN2CCC(NC(=O)NC3CCCCC3)CC2)cc1C. The van der Waals surface area contributed by atoms with E-state index in [0.29, 0.717) is 12.6 Å². The first-order valence-corrected chi connectivity index (χ1v) is 11.6. The highest BCUT2D eigenvalue weighted by molar-refractivity contribution is 5.78. The first-order chi connectivity index (χ1) is 14.4. The van der Waals surface area contributed by atoms with Gasteiger partial charge in [-0.1, -0.05) is 37.5 Å². The number of carbonyl (C=O) groups excluding carboxylic acids is 2. The molecule has 0 spiro atoms. The van der Waals surface area contributed by atoms with Crippen molar-refractivity contribution in [1.82, 2.24) is 20.9 Å². The van der Waals surface area contributed by atoms with Crippen molar-refractivity contribution in [1.29, 1.82) is 0 Å². The molecule has 6 nitrogen and oxygen atoms in total. The molecule has 3 amide bonds. The van der Waals surface area contributed by atoms with E-state index in [0.717, 1.165) is 44.3 Å². The standard InChI is InChI=1S/C24H38N4O2/c1-17-9-10-20(15-18(17)2)19(3)25-23(29)16-28-13-11-22(12-14-28)27-24(30)26-21-7-5-4-6-8-21/h9-10,15,19,21-22H,4-8,11-14,16H2,1-3H3,(H,25,29)(H2,26,27,30). The van der Waals surface area contributed by atoms with E-state index in [4.69, 9.17) is 0 Å². The molecule has 166 valence electrons. The van der Waals surface area contributed by atoms with E-state index in [1.807, 2.05) is 6.92 Å². The molecule has 3 rings (SSSR count). The molecule has 3 N–H and O–H groups in total. The van der Waals surface area contributed by atoms with Gasteiger partial charge >= 0.3 is 6.03 Å². The second-order valence-corrected chi connectivity index (χ2v) is 9.14. The number of carbonyl (C=O) groups is 2. The van der Waals surface area contributed by atoms with Crippen molar-refractivity contribution < 1.29 is 9.59 Å². The smallest absolute Gasteiger partial charge is 0.315 e. The number of urea groups is 1. The van der Waals surface area contributed by atoms with Crippen LogP contribution in [0.4, 0.5) is 4.79 Å². The van der Waals surface area contributed by atoms with Crippen LogP contribution in [0.25, 0.3) is 0 Å². The number of piperidine rings is 1. The number of benzene rings is 1. The van der Waals surface area contributed by atoms with Crippen molar-refractivity contribution in [3.8, 4) is 0 Å². The van der Waals surface area contributed by atoms with Gasteiger partial charge in [-0.25, -0.2) is 4.79 Å². The van der Waals surface area contributed by atoms with Gasteiger partial charge in [-0.05, 0) is 63.1 Å². The van der Waals surface area contributed by atoms with E-state index in [1.54, 1.807) is 0 Å². The molecule has 1 unspecified atom stereocenters. The Bertz CT molecular complexity index is 722. The molecule has 0 aromatic heterocycles. The zero-order valence-corrected chi connectivity index (χ0v) is 18.8. The molecule has 0 bridgehead atoms. The van der Waals surface area contributed by atoms with E-state index in [2.05, 4.69) is 52.9 Å². The Balaban J connectivity index is 1.36. The number of nitrogens with zero attached hydrogens (tertiary/aromatic N) is 1. The maximum absolute atomic E-state index is 12.5. The summed E-state index contributed by atoms with van der Waals surface area (Å²) in [4.78, 5) is 26.9. The van der Waals surface area contributed by atoms with Gasteiger partial charge < -0.3 is 16.0 Å². The Labute approximate surface area is 181 Å². The number of aryl methyl sites for hydroxylation is 2. The first-order valence-electron chi connectivity index (χ1n) is 11.6. The molecular formula is C24H38N4O2. The lowest BCUT2D eigenvalue weighted by Gasteiger charge is -2.32. The average Bonchev–Trinajstić information content (AvgIpc) is 2.72. The molecule has 1 saturated carbocycles. The summed E-state index contributed by atoms with van der Waals surface area (Å²) in [6.45, 7) is 8.31. The van der Waals surface area contributed by atoms with Crippen LogP contribution < -0.4 is 16.0 Å². The van der Waals surface area contributed by atoms with Crippen molar-refractivity contribution in [3.05, 3.63) is 34.9 Å². The highest BCUT2D eigenvalue weighted by atomic mass is 16.2. The third-order valence-corrected chi connectivity index (χ3v) is 6.64. The van der Waals surface area contributed by atoms with Gasteiger partial charge in [-0.2, -0.15) is 0 Å². The summed E-state index contributed by atoms with van der Waals surface area (Å²) in [6, 6.07) is 6.85. The third kappa shape index (κ3) is 6.73. The molecule has 2 aliphatic rings. The van der Waals surface area contributed by atoms with Gasteiger partial charge in [0.25, 0.3) is 0 Å². The molecule has 1 heterocycles. The zero-order chi connectivity index (χ0) is 21.5. The fraction of sp³-hybridized carbons (Fsp3) is 0.667. The lowest BCUT2D eigenvalue weighted by Crippen LogP contribution is -2.51. The number of hydrogen-bond donors (Lipinski definition) is 3. The number of nitrogens with one attached hydrogen (secondary N) is 3. The maximum atomic E-state index is 12.5. The van der Waals surface area contributed by atoms with Gasteiger partial charge in [-0.3, -0.25) is 9.69 Å². The predicted octanol–water partition coefficient (Wildman–Crippen LogP) is 3.58. The topological polar surface area (TPSA) is 73.5 Å². The van der Waals surface area contributed by atoms with Crippen LogP contribution in [0.15, 0.2) is 18.2 Å². The molecule has 6 heteroatoms. The molecule has 30 heavy (non-hydrogen) atoms. The van der Waals surface area contributed by atoms with Crippen LogP contribution in [0.1, 0.15) is 74.6 Å². The number of rotatable bonds is 6. The summed E-state index contributed by atoms with van der Waals surface area (Å²) in [7, 11) is 0. The number of likely N-dealkylation sites (tertiary alicyclic amines) is 1. The van der Waals surface area contributed by atoms with Gasteiger partial charge in [0.05, 0.1) is 12.6 Å². The van der Waals surface area contributed by atoms with Crippen LogP contribution >= 0.6 is 0 Å². The fourth-order valence-corrected chi connectivity index (χ4v) is 4.50. The van der Waals surface area contributed by atoms with E-state index in [-0.39, 0.29) is 24.0 Å². The van der Waals surface area contributed by atoms with E-state index >= 15 is 0 Å². The van der Waals surface area contributed by atoms with E-state index in [9.17, 15) is 9.59 Å². The molecule has 1 aromatic rings. The Hall–Kier alpha value is -2.08. The zero-order valence-electron chi connectivity index (χ0n) is 18.8. The Morgan fingerprint density at radius 1 is 0.967 bits per heavy atom. The average molecular weight is 415 g/mol. The summed E-state index contributed by atoms with van der Waals surface area (Å²) in [6.07, 6.45) is 7.69. The van der Waals surface area contributed by atoms with Crippen molar-refractivity contribution >= 4 is 11.9 Å². The van der Waals surface area contributed by atoms with Crippen LogP contribution in [-0.2, 0) is 4.79 Å². The van der Waals surface area contributed by atoms with Gasteiger partial charge in [0.2, 0.25) is 5.91 Å². The molecule has 0 radical (unpaired) electrons. The van der Waals surface area contributed by atoms with Crippen molar-refractivity contribution in [2.45, 2.75) is 83.8 Å². The van der Waals surface area contributed by atoms with Gasteiger partial charge in [0.1, 0.15) is 0 Å². The van der Waals surface area contributed by atoms with Crippen LogP contribution in [0, 0.1) is 13.8 Å². The predicted molar refractivity (Wildman–Crippen MR) is 120 cm³/mol. The van der Waals surface area contributed by atoms with Crippen molar-refractivity contribution in [3.63, 3.8) is 0 Å². The lowest BCUT2D eigenvalue weighted by molar-refractivity contribution is -0.123. The highest BCUT2D eigenvalue weighted by Gasteiger charge is 2.24. The minimum absolute atomic E-state index is 0.000473. The quantitative estimate of drug-likeness (QED) is 0.666. The Morgan fingerprint density at radius 2 is 1.60 bits per heavy atom. The summed E-state index contributed by atoms with van der Waals surface area (Å²) >= 11 is 0. The third-order valence-electron chi connectivity index (χ3n) is 6.64. The summed E-state index contributed by atoms with van der Waals surface area (Å²) in [5.41, 5.74) is 3.65.